The van der Waals surface area contributed by atoms with Gasteiger partial charge >= 0.3 is 29.6 Å². The van der Waals surface area contributed by atoms with Gasteiger partial charge in [0, 0.05) is 12.2 Å². The normalized spacial score (nSPS) is 12.7. The predicted octanol–water partition coefficient (Wildman–Crippen LogP) is -2.29. The van der Waals surface area contributed by atoms with Gasteiger partial charge in [0.05, 0.1) is 11.1 Å². The number of aromatic nitrogens is 2. The maximum Gasteiger partial charge on any atom is 1.00 e. The zero-order valence-electron chi connectivity index (χ0n) is 7.35. The summed E-state index contributed by atoms with van der Waals surface area (Å²) in [6.07, 6.45) is 2.84. The van der Waals surface area contributed by atoms with Crippen molar-refractivity contribution in [3.05, 3.63) is 12.4 Å². The van der Waals surface area contributed by atoms with Gasteiger partial charge in [-0.2, -0.15) is 5.10 Å². The van der Waals surface area contributed by atoms with Crippen molar-refractivity contribution in [2.24, 2.45) is 0 Å². The molecule has 1 heterocycles. The molecule has 0 bridgehead atoms. The van der Waals surface area contributed by atoms with Crippen LogP contribution in [0.3, 0.4) is 0 Å². The molecule has 0 aromatic carbocycles. The minimum Gasteiger partial charge on any atom is -0.768 e. The van der Waals surface area contributed by atoms with E-state index in [-0.39, 0.29) is 40.5 Å². The van der Waals surface area contributed by atoms with Crippen LogP contribution in [0.2, 0.25) is 0 Å². The van der Waals surface area contributed by atoms with Crippen molar-refractivity contribution in [3.63, 3.8) is 0 Å². The van der Waals surface area contributed by atoms with Gasteiger partial charge in [-0.05, 0) is 24.9 Å². The van der Waals surface area contributed by atoms with Crippen molar-refractivity contribution in [1.82, 2.24) is 9.78 Å². The van der Waals surface area contributed by atoms with E-state index in [1.54, 1.807) is 4.68 Å². The van der Waals surface area contributed by atoms with Crippen LogP contribution in [0.25, 0.3) is 0 Å². The predicted molar refractivity (Wildman–Crippen MR) is 39.8 cm³/mol. The minimum atomic E-state index is -2.16. The first-order valence-electron chi connectivity index (χ1n) is 3.24. The van der Waals surface area contributed by atoms with Gasteiger partial charge in [0.25, 0.3) is 0 Å². The smallest absolute Gasteiger partial charge is 0.768 e. The molecule has 0 saturated carbocycles. The first kappa shape index (κ1) is 12.3. The van der Waals surface area contributed by atoms with E-state index in [0.717, 1.165) is 0 Å². The van der Waals surface area contributed by atoms with Crippen molar-refractivity contribution < 1.29 is 38.3 Å². The third kappa shape index (κ3) is 2.99. The molecule has 1 aromatic heterocycles. The van der Waals surface area contributed by atoms with Crippen LogP contribution < -0.4 is 29.6 Å². The molecule has 0 aliphatic rings. The van der Waals surface area contributed by atoms with Gasteiger partial charge in [-0.25, -0.2) is 0 Å². The summed E-state index contributed by atoms with van der Waals surface area (Å²) in [4.78, 5) is 0.235. The maximum absolute atomic E-state index is 10.4. The zero-order valence-corrected chi connectivity index (χ0v) is 10.2. The molecule has 6 heteroatoms. The fourth-order valence-corrected chi connectivity index (χ4v) is 1.02. The van der Waals surface area contributed by atoms with Crippen molar-refractivity contribution in [2.75, 3.05) is 0 Å². The summed E-state index contributed by atoms with van der Waals surface area (Å²) >= 11 is -2.16. The standard InChI is InChI=1S/C6H10N2O2S.Na/c1-5(2)8-4-6(3-7-8)11(9)10;/h3-5H,1-2H3,(H,9,10);/q;+1/p-1. The summed E-state index contributed by atoms with van der Waals surface area (Å²) < 4.78 is 22.4. The molecular formula is C6H9N2NaO2S. The molecule has 1 aromatic rings. The van der Waals surface area contributed by atoms with E-state index >= 15 is 0 Å². The molecule has 0 aliphatic carbocycles. The molecule has 0 amide bonds. The molecule has 0 fully saturated rings. The Labute approximate surface area is 95.9 Å². The van der Waals surface area contributed by atoms with Gasteiger partial charge in [-0.15, -0.1) is 0 Å². The van der Waals surface area contributed by atoms with Crippen molar-refractivity contribution in [1.29, 1.82) is 0 Å². The van der Waals surface area contributed by atoms with Crippen LogP contribution in [-0.4, -0.2) is 18.5 Å². The Kier molecular flexibility index (Phi) is 5.27. The van der Waals surface area contributed by atoms with Crippen LogP contribution in [0.4, 0.5) is 0 Å². The molecule has 1 unspecified atom stereocenters. The Morgan fingerprint density at radius 1 is 1.67 bits per heavy atom. The summed E-state index contributed by atoms with van der Waals surface area (Å²) in [5, 5.41) is 3.86. The van der Waals surface area contributed by atoms with Crippen LogP contribution >= 0.6 is 0 Å². The third-order valence-corrected chi connectivity index (χ3v) is 1.90. The molecule has 0 saturated heterocycles. The Bertz CT molecular complexity index is 274. The average Bonchev–Trinajstić information content (AvgIpc) is 2.33. The summed E-state index contributed by atoms with van der Waals surface area (Å²) in [6, 6.07) is 0.201. The molecule has 0 aliphatic heterocycles. The third-order valence-electron chi connectivity index (χ3n) is 1.30. The second kappa shape index (κ2) is 5.14. The number of rotatable bonds is 2. The van der Waals surface area contributed by atoms with Crippen LogP contribution in [0, 0.1) is 0 Å². The van der Waals surface area contributed by atoms with E-state index in [1.807, 2.05) is 13.8 Å². The first-order valence-corrected chi connectivity index (χ1v) is 4.32. The topological polar surface area (TPSA) is 58.0 Å². The Hall–Kier alpha value is 0.320. The number of hydrogen-bond donors (Lipinski definition) is 0. The van der Waals surface area contributed by atoms with Gasteiger partial charge in [0.15, 0.2) is 0 Å². The first-order chi connectivity index (χ1) is 5.11. The van der Waals surface area contributed by atoms with Gasteiger partial charge in [-0.3, -0.25) is 8.89 Å². The fourth-order valence-electron chi connectivity index (χ4n) is 0.689. The molecule has 12 heavy (non-hydrogen) atoms. The average molecular weight is 196 g/mol. The van der Waals surface area contributed by atoms with Crippen molar-refractivity contribution in [3.8, 4) is 0 Å². The van der Waals surface area contributed by atoms with Crippen LogP contribution in [0.1, 0.15) is 19.9 Å². The van der Waals surface area contributed by atoms with Crippen molar-refractivity contribution in [2.45, 2.75) is 24.8 Å². The zero-order chi connectivity index (χ0) is 8.43. The molecule has 1 rings (SSSR count). The quantitative estimate of drug-likeness (QED) is 0.395. The summed E-state index contributed by atoms with van der Waals surface area (Å²) in [5.41, 5.74) is 0. The molecule has 62 valence electrons. The molecule has 4 nitrogen and oxygen atoms in total. The Balaban J connectivity index is 0.00000121. The van der Waals surface area contributed by atoms with E-state index in [2.05, 4.69) is 5.10 Å². The van der Waals surface area contributed by atoms with E-state index in [9.17, 15) is 8.76 Å². The van der Waals surface area contributed by atoms with Crippen LogP contribution in [-0.2, 0) is 11.1 Å². The number of nitrogens with zero attached hydrogens (tertiary/aromatic N) is 2. The minimum absolute atomic E-state index is 0. The summed E-state index contributed by atoms with van der Waals surface area (Å²) in [7, 11) is 0. The van der Waals surface area contributed by atoms with E-state index in [4.69, 9.17) is 0 Å². The monoisotopic (exact) mass is 196 g/mol. The van der Waals surface area contributed by atoms with Crippen molar-refractivity contribution >= 4 is 11.1 Å². The van der Waals surface area contributed by atoms with E-state index in [1.165, 1.54) is 12.4 Å². The van der Waals surface area contributed by atoms with E-state index in [0.29, 0.717) is 0 Å². The molecule has 0 N–H and O–H groups in total. The molecular weight excluding hydrogens is 187 g/mol. The number of hydrogen-bond acceptors (Lipinski definition) is 3. The Morgan fingerprint density at radius 2 is 2.25 bits per heavy atom. The summed E-state index contributed by atoms with van der Waals surface area (Å²) in [6.45, 7) is 3.87. The van der Waals surface area contributed by atoms with E-state index < -0.39 is 11.1 Å². The second-order valence-electron chi connectivity index (χ2n) is 2.48. The van der Waals surface area contributed by atoms with Gasteiger partial charge in [-0.1, -0.05) is 0 Å². The fraction of sp³-hybridized carbons (Fsp3) is 0.500. The van der Waals surface area contributed by atoms with Crippen LogP contribution in [0.5, 0.6) is 0 Å². The summed E-state index contributed by atoms with van der Waals surface area (Å²) in [5.74, 6) is 0. The largest absolute Gasteiger partial charge is 1.00 e. The molecule has 0 radical (unpaired) electrons. The van der Waals surface area contributed by atoms with Gasteiger partial charge in [0.2, 0.25) is 0 Å². The SMILES string of the molecule is CC(C)n1cc(S(=O)[O-])cn1.[Na+]. The molecule has 0 spiro atoms. The second-order valence-corrected chi connectivity index (χ2v) is 3.43. The van der Waals surface area contributed by atoms with Crippen LogP contribution in [0.15, 0.2) is 17.3 Å². The maximum atomic E-state index is 10.4. The van der Waals surface area contributed by atoms with Gasteiger partial charge in [0.1, 0.15) is 0 Å². The van der Waals surface area contributed by atoms with Gasteiger partial charge < -0.3 is 4.55 Å². The Morgan fingerprint density at radius 3 is 2.50 bits per heavy atom. The molecule has 1 atom stereocenters.